The third kappa shape index (κ3) is 2.18. The fraction of sp³-hybridized carbons (Fsp3) is 0.333. The van der Waals surface area contributed by atoms with E-state index in [-0.39, 0.29) is 0 Å². The van der Waals surface area contributed by atoms with Crippen molar-refractivity contribution in [1.29, 1.82) is 0 Å². The van der Waals surface area contributed by atoms with Gasteiger partial charge >= 0.3 is 0 Å². The molecule has 90 valence electrons. The zero-order valence-corrected chi connectivity index (χ0v) is 11.2. The van der Waals surface area contributed by atoms with E-state index >= 15 is 0 Å². The number of nitrogens with zero attached hydrogens (tertiary/aromatic N) is 2. The Morgan fingerprint density at radius 1 is 1.35 bits per heavy atom. The average molecular weight is 249 g/mol. The second-order valence-electron chi connectivity index (χ2n) is 4.44. The van der Waals surface area contributed by atoms with Gasteiger partial charge in [-0.25, -0.2) is 4.98 Å². The van der Waals surface area contributed by atoms with Crippen LogP contribution in [0.2, 0.25) is 0 Å². The fourth-order valence-electron chi connectivity index (χ4n) is 1.86. The van der Waals surface area contributed by atoms with Crippen molar-refractivity contribution in [2.75, 3.05) is 19.1 Å². The number of nitrogens with two attached hydrogens (primary N) is 1. The Hall–Kier alpha value is -1.41. The molecule has 0 aliphatic carbocycles. The molecule has 1 heterocycles. The van der Waals surface area contributed by atoms with Crippen LogP contribution in [0.4, 0.5) is 5.69 Å². The van der Waals surface area contributed by atoms with Crippen molar-refractivity contribution in [2.45, 2.75) is 13.3 Å². The minimum Gasteiger partial charge on any atom is -0.398 e. The molecule has 5 heteroatoms. The largest absolute Gasteiger partial charge is 0.398 e. The van der Waals surface area contributed by atoms with Gasteiger partial charge < -0.3 is 10.3 Å². The molecule has 0 aliphatic rings. The molecule has 0 atom stereocenters. The van der Waals surface area contributed by atoms with Crippen LogP contribution in [0, 0.1) is 0 Å². The first kappa shape index (κ1) is 12.1. The molecule has 0 fully saturated rings. The van der Waals surface area contributed by atoms with Gasteiger partial charge in [0, 0.05) is 11.9 Å². The second-order valence-corrected chi connectivity index (χ2v) is 7.59. The van der Waals surface area contributed by atoms with Gasteiger partial charge in [-0.2, -0.15) is 0 Å². The summed E-state index contributed by atoms with van der Waals surface area (Å²) in [4.78, 5) is 8.83. The van der Waals surface area contributed by atoms with Crippen LogP contribution in [-0.4, -0.2) is 23.3 Å². The smallest absolute Gasteiger partial charge is 0.114 e. The molecule has 2 aromatic rings. The zero-order chi connectivity index (χ0) is 12.6. The van der Waals surface area contributed by atoms with E-state index in [9.17, 15) is 4.57 Å². The van der Waals surface area contributed by atoms with Crippen LogP contribution in [0.15, 0.2) is 18.3 Å². The lowest BCUT2D eigenvalue weighted by Crippen LogP contribution is -2.13. The van der Waals surface area contributed by atoms with Crippen molar-refractivity contribution in [1.82, 2.24) is 9.97 Å². The monoisotopic (exact) mass is 249 g/mol. The fourth-order valence-corrected chi connectivity index (χ4v) is 3.24. The van der Waals surface area contributed by atoms with Gasteiger partial charge in [-0.15, -0.1) is 0 Å². The van der Waals surface area contributed by atoms with E-state index in [2.05, 4.69) is 9.97 Å². The topological polar surface area (TPSA) is 68.9 Å². The van der Waals surface area contributed by atoms with E-state index in [1.54, 1.807) is 25.6 Å². The molecule has 0 unspecified atom stereocenters. The highest BCUT2D eigenvalue weighted by Crippen LogP contribution is 2.39. The molecule has 2 rings (SSSR count). The molecule has 0 radical (unpaired) electrons. The Kier molecular flexibility index (Phi) is 2.92. The Balaban J connectivity index is 2.83. The number of nitrogen functional groups attached to an aromatic ring is 1. The predicted octanol–water partition coefficient (Wildman–Crippen LogP) is 2.02. The van der Waals surface area contributed by atoms with Gasteiger partial charge in [-0.1, -0.05) is 6.92 Å². The van der Waals surface area contributed by atoms with E-state index in [0.717, 1.165) is 17.6 Å². The summed E-state index contributed by atoms with van der Waals surface area (Å²) in [5, 5.41) is 0.644. The molecule has 4 nitrogen and oxygen atoms in total. The number of fused-ring (bicyclic) bond motifs is 1. The quantitative estimate of drug-likeness (QED) is 0.653. The minimum atomic E-state index is -2.45. The van der Waals surface area contributed by atoms with Gasteiger partial charge in [-0.05, 0) is 31.9 Å². The van der Waals surface area contributed by atoms with Crippen molar-refractivity contribution in [3.05, 3.63) is 24.0 Å². The van der Waals surface area contributed by atoms with Crippen LogP contribution in [0.25, 0.3) is 11.0 Å². The van der Waals surface area contributed by atoms with Crippen molar-refractivity contribution < 1.29 is 4.57 Å². The maximum Gasteiger partial charge on any atom is 0.114 e. The number of aromatic nitrogens is 2. The summed E-state index contributed by atoms with van der Waals surface area (Å²) < 4.78 is 12.3. The third-order valence-corrected chi connectivity index (χ3v) is 4.22. The summed E-state index contributed by atoms with van der Waals surface area (Å²) in [6.07, 6.45) is 2.56. The first-order valence-corrected chi connectivity index (χ1v) is 8.13. The van der Waals surface area contributed by atoms with Gasteiger partial charge in [0.15, 0.2) is 0 Å². The van der Waals surface area contributed by atoms with Crippen LogP contribution < -0.4 is 11.0 Å². The highest BCUT2D eigenvalue weighted by molar-refractivity contribution is 7.71. The molecular weight excluding hydrogens is 233 g/mol. The summed E-state index contributed by atoms with van der Waals surface area (Å²) in [6, 6.07) is 3.58. The molecule has 0 saturated carbocycles. The van der Waals surface area contributed by atoms with E-state index < -0.39 is 7.14 Å². The first-order chi connectivity index (χ1) is 7.93. The Morgan fingerprint density at radius 2 is 2.06 bits per heavy atom. The molecule has 17 heavy (non-hydrogen) atoms. The number of rotatable bonds is 2. The Morgan fingerprint density at radius 3 is 2.65 bits per heavy atom. The van der Waals surface area contributed by atoms with Crippen molar-refractivity contribution in [3.8, 4) is 0 Å². The summed E-state index contributed by atoms with van der Waals surface area (Å²) in [7, 11) is -2.45. The normalized spacial score (nSPS) is 11.9. The Bertz CT molecular complexity index is 618. The number of aryl methyl sites for hydroxylation is 1. The lowest BCUT2D eigenvalue weighted by atomic mass is 10.2. The van der Waals surface area contributed by atoms with Crippen LogP contribution in [-0.2, 0) is 11.0 Å². The van der Waals surface area contributed by atoms with Gasteiger partial charge in [0.05, 0.1) is 16.5 Å². The lowest BCUT2D eigenvalue weighted by molar-refractivity contribution is 0.588. The molecule has 0 amide bonds. The predicted molar refractivity (Wildman–Crippen MR) is 72.4 cm³/mol. The van der Waals surface area contributed by atoms with Gasteiger partial charge in [0.2, 0.25) is 0 Å². The zero-order valence-electron chi connectivity index (χ0n) is 10.3. The van der Waals surface area contributed by atoms with Crippen LogP contribution >= 0.6 is 7.14 Å². The van der Waals surface area contributed by atoms with Gasteiger partial charge in [0.1, 0.15) is 12.7 Å². The lowest BCUT2D eigenvalue weighted by Gasteiger charge is -2.13. The standard InChI is InChI=1S/C12H16N3OP/c1-4-8-7-14-11-10(15-8)6-5-9(13)12(11)17(2,3)16/h5-7H,4,13H2,1-3H3. The SMILES string of the molecule is CCc1cnc2c(P(C)(C)=O)c(N)ccc2n1. The van der Waals surface area contributed by atoms with Crippen molar-refractivity contribution in [2.24, 2.45) is 0 Å². The maximum absolute atomic E-state index is 12.3. The van der Waals surface area contributed by atoms with Crippen molar-refractivity contribution >= 4 is 29.2 Å². The minimum absolute atomic E-state index is 0.532. The number of hydrogen-bond acceptors (Lipinski definition) is 4. The van der Waals surface area contributed by atoms with E-state index in [0.29, 0.717) is 16.5 Å². The molecule has 2 N–H and O–H groups in total. The molecule has 1 aromatic carbocycles. The molecule has 0 bridgehead atoms. The number of anilines is 1. The number of hydrogen-bond donors (Lipinski definition) is 1. The summed E-state index contributed by atoms with van der Waals surface area (Å²) in [6.45, 7) is 5.43. The highest BCUT2D eigenvalue weighted by Gasteiger charge is 2.19. The second kappa shape index (κ2) is 4.11. The third-order valence-electron chi connectivity index (χ3n) is 2.67. The summed E-state index contributed by atoms with van der Waals surface area (Å²) in [5.74, 6) is 0. The van der Waals surface area contributed by atoms with Crippen LogP contribution in [0.3, 0.4) is 0 Å². The molecule has 1 aromatic heterocycles. The first-order valence-electron chi connectivity index (χ1n) is 5.53. The van der Waals surface area contributed by atoms with Crippen LogP contribution in [0.5, 0.6) is 0 Å². The average Bonchev–Trinajstić information content (AvgIpc) is 2.26. The van der Waals surface area contributed by atoms with Gasteiger partial charge in [-0.3, -0.25) is 4.98 Å². The number of benzene rings is 1. The van der Waals surface area contributed by atoms with E-state index in [4.69, 9.17) is 5.73 Å². The van der Waals surface area contributed by atoms with Gasteiger partial charge in [0.25, 0.3) is 0 Å². The Labute approximate surface area is 101 Å². The molecular formula is C12H16N3OP. The highest BCUT2D eigenvalue weighted by atomic mass is 31.2. The molecule has 0 saturated heterocycles. The molecule has 0 spiro atoms. The van der Waals surface area contributed by atoms with E-state index in [1.165, 1.54) is 0 Å². The molecule has 0 aliphatic heterocycles. The summed E-state index contributed by atoms with van der Waals surface area (Å²) >= 11 is 0. The summed E-state index contributed by atoms with van der Waals surface area (Å²) in [5.41, 5.74) is 8.79. The van der Waals surface area contributed by atoms with Crippen molar-refractivity contribution in [3.63, 3.8) is 0 Å². The van der Waals surface area contributed by atoms with E-state index in [1.807, 2.05) is 13.0 Å². The maximum atomic E-state index is 12.3. The van der Waals surface area contributed by atoms with Crippen LogP contribution in [0.1, 0.15) is 12.6 Å².